The van der Waals surface area contributed by atoms with Gasteiger partial charge in [-0.15, -0.1) is 0 Å². The van der Waals surface area contributed by atoms with E-state index >= 15 is 0 Å². The lowest BCUT2D eigenvalue weighted by molar-refractivity contribution is 0.157. The van der Waals surface area contributed by atoms with Crippen LogP contribution >= 0.6 is 0 Å². The first-order valence-corrected chi connectivity index (χ1v) is 7.23. The molecule has 3 unspecified atom stereocenters. The van der Waals surface area contributed by atoms with Crippen molar-refractivity contribution in [1.29, 1.82) is 0 Å². The van der Waals surface area contributed by atoms with Gasteiger partial charge in [-0.1, -0.05) is 37.3 Å². The van der Waals surface area contributed by atoms with Crippen LogP contribution < -0.4 is 5.73 Å². The minimum absolute atomic E-state index is 0.349. The Morgan fingerprint density at radius 1 is 1.22 bits per heavy atom. The maximum atomic E-state index is 6.31. The molecule has 0 aromatic heterocycles. The van der Waals surface area contributed by atoms with E-state index in [0.29, 0.717) is 18.0 Å². The fourth-order valence-electron chi connectivity index (χ4n) is 3.22. The molecule has 3 atom stereocenters. The van der Waals surface area contributed by atoms with Crippen LogP contribution in [0.25, 0.3) is 0 Å². The summed E-state index contributed by atoms with van der Waals surface area (Å²) in [7, 11) is 2.22. The number of likely N-dealkylation sites (N-methyl/N-ethyl adjacent to an activating group) is 1. The van der Waals surface area contributed by atoms with Crippen LogP contribution in [0.3, 0.4) is 0 Å². The zero-order chi connectivity index (χ0) is 13.0. The van der Waals surface area contributed by atoms with Gasteiger partial charge < -0.3 is 10.6 Å². The third-order valence-corrected chi connectivity index (χ3v) is 4.28. The topological polar surface area (TPSA) is 29.3 Å². The zero-order valence-electron chi connectivity index (χ0n) is 11.7. The molecule has 2 rings (SSSR count). The summed E-state index contributed by atoms with van der Waals surface area (Å²) in [4.78, 5) is 2.46. The Morgan fingerprint density at radius 2 is 1.94 bits per heavy atom. The Bertz CT molecular complexity index is 349. The van der Waals surface area contributed by atoms with E-state index in [1.165, 1.54) is 24.8 Å². The first kappa shape index (κ1) is 13.6. The zero-order valence-corrected chi connectivity index (χ0v) is 11.7. The van der Waals surface area contributed by atoms with Gasteiger partial charge in [-0.05, 0) is 50.8 Å². The van der Waals surface area contributed by atoms with Crippen molar-refractivity contribution in [2.75, 3.05) is 13.6 Å². The molecular weight excluding hydrogens is 220 g/mol. The Kier molecular flexibility index (Phi) is 4.79. The van der Waals surface area contributed by atoms with E-state index in [0.717, 1.165) is 13.0 Å². The molecule has 1 fully saturated rings. The predicted molar refractivity (Wildman–Crippen MR) is 77.7 cm³/mol. The van der Waals surface area contributed by atoms with Gasteiger partial charge in [0.2, 0.25) is 0 Å². The molecule has 18 heavy (non-hydrogen) atoms. The first-order valence-electron chi connectivity index (χ1n) is 7.23. The fourth-order valence-corrected chi connectivity index (χ4v) is 3.22. The summed E-state index contributed by atoms with van der Waals surface area (Å²) in [5.74, 6) is 0.690. The van der Waals surface area contributed by atoms with Crippen LogP contribution in [-0.4, -0.2) is 30.6 Å². The highest BCUT2D eigenvalue weighted by Crippen LogP contribution is 2.34. The van der Waals surface area contributed by atoms with Crippen molar-refractivity contribution in [3.05, 3.63) is 35.9 Å². The summed E-state index contributed by atoms with van der Waals surface area (Å²) in [6.45, 7) is 3.39. The molecule has 1 saturated carbocycles. The number of hydrogen-bond donors (Lipinski definition) is 1. The molecule has 2 N–H and O–H groups in total. The lowest BCUT2D eigenvalue weighted by atomic mass is 9.78. The molecule has 0 spiro atoms. The molecule has 0 saturated heterocycles. The highest BCUT2D eigenvalue weighted by atomic mass is 15.1. The van der Waals surface area contributed by atoms with Crippen molar-refractivity contribution in [3.8, 4) is 0 Å². The molecule has 100 valence electrons. The van der Waals surface area contributed by atoms with Gasteiger partial charge in [0.05, 0.1) is 0 Å². The summed E-state index contributed by atoms with van der Waals surface area (Å²) in [5.41, 5.74) is 7.79. The largest absolute Gasteiger partial charge is 0.326 e. The predicted octanol–water partition coefficient (Wildman–Crippen LogP) is 2.99. The third kappa shape index (κ3) is 3.12. The maximum absolute atomic E-state index is 6.31. The number of hydrogen-bond acceptors (Lipinski definition) is 2. The van der Waals surface area contributed by atoms with Crippen LogP contribution in [0.15, 0.2) is 30.3 Å². The summed E-state index contributed by atoms with van der Waals surface area (Å²) >= 11 is 0. The number of rotatable bonds is 4. The van der Waals surface area contributed by atoms with Gasteiger partial charge in [0.15, 0.2) is 0 Å². The standard InChI is InChI=1S/C16H26N2/c1-3-11-18(2)16-12-14(9-10-15(16)17)13-7-5-4-6-8-13/h4-8,14-16H,3,9-12,17H2,1-2H3. The Hall–Kier alpha value is -0.860. The monoisotopic (exact) mass is 246 g/mol. The van der Waals surface area contributed by atoms with Crippen LogP contribution in [0.5, 0.6) is 0 Å². The van der Waals surface area contributed by atoms with Crippen molar-refractivity contribution in [2.24, 2.45) is 5.73 Å². The van der Waals surface area contributed by atoms with E-state index in [1.54, 1.807) is 0 Å². The van der Waals surface area contributed by atoms with E-state index in [-0.39, 0.29) is 0 Å². The maximum Gasteiger partial charge on any atom is 0.0249 e. The second kappa shape index (κ2) is 6.35. The van der Waals surface area contributed by atoms with Gasteiger partial charge in [0.25, 0.3) is 0 Å². The third-order valence-electron chi connectivity index (χ3n) is 4.28. The van der Waals surface area contributed by atoms with Crippen LogP contribution in [0.1, 0.15) is 44.1 Å². The van der Waals surface area contributed by atoms with Gasteiger partial charge in [0, 0.05) is 12.1 Å². The van der Waals surface area contributed by atoms with Gasteiger partial charge >= 0.3 is 0 Å². The molecule has 1 aromatic carbocycles. The molecule has 1 aliphatic carbocycles. The van der Waals surface area contributed by atoms with Crippen LogP contribution in [-0.2, 0) is 0 Å². The van der Waals surface area contributed by atoms with Gasteiger partial charge in [-0.2, -0.15) is 0 Å². The van der Waals surface area contributed by atoms with Gasteiger partial charge in [-0.3, -0.25) is 0 Å². The van der Waals surface area contributed by atoms with E-state index in [9.17, 15) is 0 Å². The summed E-state index contributed by atoms with van der Waals surface area (Å²) in [6.07, 6.45) is 4.80. The van der Waals surface area contributed by atoms with E-state index in [2.05, 4.69) is 49.2 Å². The fraction of sp³-hybridized carbons (Fsp3) is 0.625. The second-order valence-electron chi connectivity index (χ2n) is 5.63. The van der Waals surface area contributed by atoms with Crippen molar-refractivity contribution in [3.63, 3.8) is 0 Å². The lowest BCUT2D eigenvalue weighted by Crippen LogP contribution is -2.49. The SMILES string of the molecule is CCCN(C)C1CC(c2ccccc2)CCC1N. The molecule has 0 heterocycles. The first-order chi connectivity index (χ1) is 8.72. The van der Waals surface area contributed by atoms with E-state index in [1.807, 2.05) is 0 Å². The van der Waals surface area contributed by atoms with Crippen molar-refractivity contribution < 1.29 is 0 Å². The molecular formula is C16H26N2. The molecule has 1 aliphatic rings. The average molecular weight is 246 g/mol. The van der Waals surface area contributed by atoms with E-state index in [4.69, 9.17) is 5.73 Å². The summed E-state index contributed by atoms with van der Waals surface area (Å²) < 4.78 is 0. The van der Waals surface area contributed by atoms with E-state index < -0.39 is 0 Å². The average Bonchev–Trinajstić information content (AvgIpc) is 2.40. The Balaban J connectivity index is 2.04. The van der Waals surface area contributed by atoms with Crippen LogP contribution in [0, 0.1) is 0 Å². The highest BCUT2D eigenvalue weighted by molar-refractivity contribution is 5.20. The number of benzene rings is 1. The molecule has 0 amide bonds. The second-order valence-corrected chi connectivity index (χ2v) is 5.63. The van der Waals surface area contributed by atoms with Crippen LogP contribution in [0.2, 0.25) is 0 Å². The summed E-state index contributed by atoms with van der Waals surface area (Å²) in [5, 5.41) is 0. The number of nitrogens with two attached hydrogens (primary N) is 1. The normalized spacial score (nSPS) is 28.6. The molecule has 0 radical (unpaired) electrons. The quantitative estimate of drug-likeness (QED) is 0.885. The minimum atomic E-state index is 0.349. The van der Waals surface area contributed by atoms with Crippen molar-refractivity contribution in [2.45, 2.75) is 50.6 Å². The Labute approximate surface area is 111 Å². The Morgan fingerprint density at radius 3 is 2.61 bits per heavy atom. The van der Waals surface area contributed by atoms with Gasteiger partial charge in [-0.25, -0.2) is 0 Å². The lowest BCUT2D eigenvalue weighted by Gasteiger charge is -2.39. The smallest absolute Gasteiger partial charge is 0.0249 e. The van der Waals surface area contributed by atoms with Crippen molar-refractivity contribution in [1.82, 2.24) is 4.90 Å². The highest BCUT2D eigenvalue weighted by Gasteiger charge is 2.31. The molecule has 2 heteroatoms. The van der Waals surface area contributed by atoms with Crippen molar-refractivity contribution >= 4 is 0 Å². The minimum Gasteiger partial charge on any atom is -0.326 e. The molecule has 1 aromatic rings. The molecule has 0 aliphatic heterocycles. The van der Waals surface area contributed by atoms with Crippen LogP contribution in [0.4, 0.5) is 0 Å². The molecule has 2 nitrogen and oxygen atoms in total. The number of nitrogens with zero attached hydrogens (tertiary/aromatic N) is 1. The van der Waals surface area contributed by atoms with Gasteiger partial charge in [0.1, 0.15) is 0 Å². The summed E-state index contributed by atoms with van der Waals surface area (Å²) in [6, 6.07) is 11.8. The molecule has 0 bridgehead atoms.